The summed E-state index contributed by atoms with van der Waals surface area (Å²) >= 11 is 1.93. The lowest BCUT2D eigenvalue weighted by Gasteiger charge is -2.30. The van der Waals surface area contributed by atoms with E-state index in [1.54, 1.807) is 0 Å². The molecule has 1 N–H and O–H groups in total. The minimum absolute atomic E-state index is 0.369. The van der Waals surface area contributed by atoms with Gasteiger partial charge in [0, 0.05) is 29.4 Å². The van der Waals surface area contributed by atoms with Gasteiger partial charge in [-0.2, -0.15) is 0 Å². The van der Waals surface area contributed by atoms with E-state index in [0.717, 1.165) is 26.2 Å². The first-order valence-electron chi connectivity index (χ1n) is 8.81. The van der Waals surface area contributed by atoms with Gasteiger partial charge in [0.05, 0.1) is 6.04 Å². The summed E-state index contributed by atoms with van der Waals surface area (Å²) in [6.45, 7) is 6.67. The first kappa shape index (κ1) is 15.8. The normalized spacial score (nSPS) is 17.7. The van der Waals surface area contributed by atoms with Crippen molar-refractivity contribution >= 4 is 22.1 Å². The molecule has 1 saturated heterocycles. The summed E-state index contributed by atoms with van der Waals surface area (Å²) in [6.07, 6.45) is 1.22. The molecule has 0 saturated carbocycles. The van der Waals surface area contributed by atoms with Gasteiger partial charge in [0.15, 0.2) is 0 Å². The lowest BCUT2D eigenvalue weighted by Crippen LogP contribution is -2.32. The Morgan fingerprint density at radius 1 is 0.958 bits per heavy atom. The van der Waals surface area contributed by atoms with Gasteiger partial charge in [-0.3, -0.25) is 4.90 Å². The highest BCUT2D eigenvalue weighted by molar-refractivity contribution is 7.12. The number of hydrogen-bond donors (Lipinski definition) is 1. The second-order valence-corrected chi connectivity index (χ2v) is 7.92. The molecule has 1 fully saturated rings. The number of thiophene rings is 1. The fourth-order valence-corrected chi connectivity index (χ4v) is 4.70. The molecule has 1 unspecified atom stereocenters. The van der Waals surface area contributed by atoms with Gasteiger partial charge < -0.3 is 5.32 Å². The first-order chi connectivity index (χ1) is 11.8. The lowest BCUT2D eigenvalue weighted by atomic mass is 9.99. The van der Waals surface area contributed by atoms with Crippen LogP contribution in [0.1, 0.15) is 27.8 Å². The zero-order valence-electron chi connectivity index (χ0n) is 14.2. The SMILES string of the molecule is Cc1ccc(C(c2ccc3ccccc3c2)N2CCCNCC2)s1. The highest BCUT2D eigenvalue weighted by atomic mass is 32.1. The Labute approximate surface area is 148 Å². The Balaban J connectivity index is 1.77. The summed E-state index contributed by atoms with van der Waals surface area (Å²) in [5.74, 6) is 0. The van der Waals surface area contributed by atoms with Crippen LogP contribution in [0.2, 0.25) is 0 Å². The summed E-state index contributed by atoms with van der Waals surface area (Å²) in [7, 11) is 0. The minimum Gasteiger partial charge on any atom is -0.315 e. The molecular formula is C21H24N2S. The first-order valence-corrected chi connectivity index (χ1v) is 9.63. The van der Waals surface area contributed by atoms with Crippen LogP contribution in [-0.2, 0) is 0 Å². The van der Waals surface area contributed by atoms with E-state index >= 15 is 0 Å². The molecule has 24 heavy (non-hydrogen) atoms. The lowest BCUT2D eigenvalue weighted by molar-refractivity contribution is 0.244. The van der Waals surface area contributed by atoms with E-state index in [-0.39, 0.29) is 0 Å². The molecule has 2 aromatic carbocycles. The van der Waals surface area contributed by atoms with Crippen LogP contribution in [0, 0.1) is 6.92 Å². The second kappa shape index (κ2) is 7.06. The summed E-state index contributed by atoms with van der Waals surface area (Å²) in [5, 5.41) is 6.19. The smallest absolute Gasteiger partial charge is 0.0696 e. The van der Waals surface area contributed by atoms with Gasteiger partial charge in [-0.05, 0) is 54.4 Å². The molecule has 4 rings (SSSR count). The molecule has 0 spiro atoms. The van der Waals surface area contributed by atoms with E-state index < -0.39 is 0 Å². The summed E-state index contributed by atoms with van der Waals surface area (Å²) in [4.78, 5) is 5.50. The third kappa shape index (κ3) is 3.25. The number of hydrogen-bond acceptors (Lipinski definition) is 3. The molecule has 0 radical (unpaired) electrons. The maximum absolute atomic E-state index is 3.53. The van der Waals surface area contributed by atoms with Crippen LogP contribution in [0.4, 0.5) is 0 Å². The van der Waals surface area contributed by atoms with Crippen LogP contribution in [-0.4, -0.2) is 31.1 Å². The molecule has 2 heterocycles. The number of nitrogens with one attached hydrogen (secondary N) is 1. The summed E-state index contributed by atoms with van der Waals surface area (Å²) in [6, 6.07) is 20.6. The molecule has 1 atom stereocenters. The molecule has 0 bridgehead atoms. The topological polar surface area (TPSA) is 15.3 Å². The standard InChI is InChI=1S/C21H24N2S/c1-16-7-10-20(24-16)21(23-13-4-11-22-12-14-23)19-9-8-17-5-2-3-6-18(17)15-19/h2-3,5-10,15,21-22H,4,11-14H2,1H3. The van der Waals surface area contributed by atoms with Crippen molar-refractivity contribution < 1.29 is 0 Å². The summed E-state index contributed by atoms with van der Waals surface area (Å²) < 4.78 is 0. The van der Waals surface area contributed by atoms with Gasteiger partial charge in [0.25, 0.3) is 0 Å². The predicted molar refractivity (Wildman–Crippen MR) is 104 cm³/mol. The quantitative estimate of drug-likeness (QED) is 0.752. The van der Waals surface area contributed by atoms with Crippen molar-refractivity contribution in [2.75, 3.05) is 26.2 Å². The third-order valence-electron chi connectivity index (χ3n) is 4.86. The zero-order valence-corrected chi connectivity index (χ0v) is 15.0. The fraction of sp³-hybridized carbons (Fsp3) is 0.333. The molecule has 0 aliphatic carbocycles. The number of aryl methyl sites for hydroxylation is 1. The Morgan fingerprint density at radius 3 is 2.67 bits per heavy atom. The molecule has 3 aromatic rings. The van der Waals surface area contributed by atoms with Gasteiger partial charge in [-0.15, -0.1) is 11.3 Å². The minimum atomic E-state index is 0.369. The number of fused-ring (bicyclic) bond motifs is 1. The molecule has 1 aliphatic heterocycles. The van der Waals surface area contributed by atoms with Gasteiger partial charge >= 0.3 is 0 Å². The van der Waals surface area contributed by atoms with E-state index in [9.17, 15) is 0 Å². The molecule has 124 valence electrons. The maximum Gasteiger partial charge on any atom is 0.0696 e. The number of nitrogens with zero attached hydrogens (tertiary/aromatic N) is 1. The van der Waals surface area contributed by atoms with Crippen molar-refractivity contribution in [3.63, 3.8) is 0 Å². The number of benzene rings is 2. The maximum atomic E-state index is 3.53. The van der Waals surface area contributed by atoms with Crippen LogP contribution in [0.25, 0.3) is 10.8 Å². The number of rotatable bonds is 3. The average Bonchev–Trinajstić information content (AvgIpc) is 2.86. The Bertz CT molecular complexity index is 815. The molecule has 0 amide bonds. The van der Waals surface area contributed by atoms with Crippen molar-refractivity contribution in [2.24, 2.45) is 0 Å². The van der Waals surface area contributed by atoms with Crippen LogP contribution in [0.15, 0.2) is 54.6 Å². The van der Waals surface area contributed by atoms with Crippen molar-refractivity contribution in [2.45, 2.75) is 19.4 Å². The van der Waals surface area contributed by atoms with Crippen LogP contribution in [0.5, 0.6) is 0 Å². The van der Waals surface area contributed by atoms with E-state index in [0.29, 0.717) is 6.04 Å². The van der Waals surface area contributed by atoms with E-state index in [1.165, 1.54) is 32.5 Å². The Morgan fingerprint density at radius 2 is 1.83 bits per heavy atom. The zero-order chi connectivity index (χ0) is 16.4. The van der Waals surface area contributed by atoms with E-state index in [1.807, 2.05) is 11.3 Å². The van der Waals surface area contributed by atoms with Gasteiger partial charge in [0.1, 0.15) is 0 Å². The largest absolute Gasteiger partial charge is 0.315 e. The van der Waals surface area contributed by atoms with Gasteiger partial charge in [-0.1, -0.05) is 36.4 Å². The molecule has 1 aromatic heterocycles. The predicted octanol–water partition coefficient (Wildman–Crippen LogP) is 4.59. The van der Waals surface area contributed by atoms with Crippen LogP contribution >= 0.6 is 11.3 Å². The third-order valence-corrected chi connectivity index (χ3v) is 5.91. The fourth-order valence-electron chi connectivity index (χ4n) is 3.66. The Hall–Kier alpha value is -1.68. The van der Waals surface area contributed by atoms with Crippen LogP contribution < -0.4 is 5.32 Å². The summed E-state index contributed by atoms with van der Waals surface area (Å²) in [5.41, 5.74) is 1.41. The van der Waals surface area contributed by atoms with E-state index in [2.05, 4.69) is 71.7 Å². The van der Waals surface area contributed by atoms with Crippen LogP contribution in [0.3, 0.4) is 0 Å². The molecule has 3 heteroatoms. The average molecular weight is 337 g/mol. The highest BCUT2D eigenvalue weighted by Crippen LogP contribution is 2.35. The van der Waals surface area contributed by atoms with Crippen molar-refractivity contribution in [1.29, 1.82) is 0 Å². The van der Waals surface area contributed by atoms with Crippen molar-refractivity contribution in [3.05, 3.63) is 69.9 Å². The molecule has 1 aliphatic rings. The Kier molecular flexibility index (Phi) is 4.65. The molecule has 2 nitrogen and oxygen atoms in total. The van der Waals surface area contributed by atoms with Gasteiger partial charge in [0.2, 0.25) is 0 Å². The van der Waals surface area contributed by atoms with Crippen molar-refractivity contribution in [1.82, 2.24) is 10.2 Å². The highest BCUT2D eigenvalue weighted by Gasteiger charge is 2.24. The van der Waals surface area contributed by atoms with Crippen molar-refractivity contribution in [3.8, 4) is 0 Å². The van der Waals surface area contributed by atoms with E-state index in [4.69, 9.17) is 0 Å². The monoisotopic (exact) mass is 336 g/mol. The van der Waals surface area contributed by atoms with Gasteiger partial charge in [-0.25, -0.2) is 0 Å². The second-order valence-electron chi connectivity index (χ2n) is 6.60. The molecular weight excluding hydrogens is 312 g/mol.